The van der Waals surface area contributed by atoms with E-state index >= 15 is 0 Å². The number of nitrogens with zero attached hydrogens (tertiary/aromatic N) is 1. The second-order valence-corrected chi connectivity index (χ2v) is 4.69. The van der Waals surface area contributed by atoms with Crippen LogP contribution in [0.5, 0.6) is 0 Å². The standard InChI is InChI=1S/C11H13BrFN3O/c12-8-1-2-9(13)10(7-8)14-3-5-16-6-4-15-11(16)17/h1-2,7,14H,3-6H2,(H,15,17). The second kappa shape index (κ2) is 5.35. The lowest BCUT2D eigenvalue weighted by molar-refractivity contribution is 0.219. The molecule has 1 aliphatic heterocycles. The average Bonchev–Trinajstić information content (AvgIpc) is 2.70. The highest BCUT2D eigenvalue weighted by Gasteiger charge is 2.18. The van der Waals surface area contributed by atoms with Crippen LogP contribution in [0.2, 0.25) is 0 Å². The Balaban J connectivity index is 1.85. The first-order chi connectivity index (χ1) is 8.16. The maximum Gasteiger partial charge on any atom is 0.317 e. The summed E-state index contributed by atoms with van der Waals surface area (Å²) in [5, 5.41) is 5.69. The molecule has 1 aliphatic rings. The lowest BCUT2D eigenvalue weighted by Crippen LogP contribution is -2.32. The van der Waals surface area contributed by atoms with Crippen LogP contribution < -0.4 is 10.6 Å². The fourth-order valence-corrected chi connectivity index (χ4v) is 2.04. The third kappa shape index (κ3) is 3.09. The van der Waals surface area contributed by atoms with Gasteiger partial charge in [0.2, 0.25) is 0 Å². The molecule has 2 N–H and O–H groups in total. The van der Waals surface area contributed by atoms with E-state index in [4.69, 9.17) is 0 Å². The summed E-state index contributed by atoms with van der Waals surface area (Å²) in [6, 6.07) is 4.67. The van der Waals surface area contributed by atoms with Gasteiger partial charge in [-0.15, -0.1) is 0 Å². The van der Waals surface area contributed by atoms with E-state index in [0.717, 1.165) is 4.47 Å². The Morgan fingerprint density at radius 3 is 3.06 bits per heavy atom. The maximum absolute atomic E-state index is 13.4. The summed E-state index contributed by atoms with van der Waals surface area (Å²) < 4.78 is 14.2. The van der Waals surface area contributed by atoms with Crippen molar-refractivity contribution in [2.75, 3.05) is 31.5 Å². The van der Waals surface area contributed by atoms with Crippen molar-refractivity contribution in [2.24, 2.45) is 0 Å². The van der Waals surface area contributed by atoms with Gasteiger partial charge in [0.15, 0.2) is 0 Å². The fourth-order valence-electron chi connectivity index (χ4n) is 1.68. The molecule has 1 aromatic rings. The van der Waals surface area contributed by atoms with Crippen molar-refractivity contribution in [1.29, 1.82) is 0 Å². The van der Waals surface area contributed by atoms with Crippen molar-refractivity contribution in [2.45, 2.75) is 0 Å². The van der Waals surface area contributed by atoms with Gasteiger partial charge in [-0.05, 0) is 18.2 Å². The van der Waals surface area contributed by atoms with Crippen molar-refractivity contribution in [3.05, 3.63) is 28.5 Å². The molecule has 0 aliphatic carbocycles. The molecular weight excluding hydrogens is 289 g/mol. The highest BCUT2D eigenvalue weighted by molar-refractivity contribution is 9.10. The number of hydrogen-bond donors (Lipinski definition) is 2. The molecule has 0 atom stereocenters. The molecule has 0 saturated carbocycles. The molecule has 4 nitrogen and oxygen atoms in total. The molecule has 1 saturated heterocycles. The normalized spacial score (nSPS) is 14.9. The van der Waals surface area contributed by atoms with Gasteiger partial charge in [0.25, 0.3) is 0 Å². The smallest absolute Gasteiger partial charge is 0.317 e. The molecule has 0 bridgehead atoms. The molecule has 0 unspecified atom stereocenters. The fraction of sp³-hybridized carbons (Fsp3) is 0.364. The number of carbonyl (C=O) groups excluding carboxylic acids is 1. The molecule has 17 heavy (non-hydrogen) atoms. The third-order valence-corrected chi connectivity index (χ3v) is 3.06. The molecule has 0 spiro atoms. The van der Waals surface area contributed by atoms with E-state index in [2.05, 4.69) is 26.6 Å². The molecule has 1 aromatic carbocycles. The highest BCUT2D eigenvalue weighted by Crippen LogP contribution is 2.19. The predicted octanol–water partition coefficient (Wildman–Crippen LogP) is 2.03. The predicted molar refractivity (Wildman–Crippen MR) is 67.6 cm³/mol. The number of rotatable bonds is 4. The number of hydrogen-bond acceptors (Lipinski definition) is 2. The van der Waals surface area contributed by atoms with Gasteiger partial charge < -0.3 is 15.5 Å². The van der Waals surface area contributed by atoms with E-state index < -0.39 is 0 Å². The Morgan fingerprint density at radius 2 is 2.35 bits per heavy atom. The minimum Gasteiger partial charge on any atom is -0.381 e. The molecular formula is C11H13BrFN3O. The van der Waals surface area contributed by atoms with Crippen LogP contribution in [0, 0.1) is 5.82 Å². The van der Waals surface area contributed by atoms with E-state index in [1.54, 1.807) is 17.0 Å². The van der Waals surface area contributed by atoms with Crippen molar-refractivity contribution in [3.8, 4) is 0 Å². The summed E-state index contributed by atoms with van der Waals surface area (Å²) in [5.41, 5.74) is 0.444. The van der Waals surface area contributed by atoms with Crippen molar-refractivity contribution < 1.29 is 9.18 Å². The van der Waals surface area contributed by atoms with Crippen molar-refractivity contribution in [1.82, 2.24) is 10.2 Å². The quantitative estimate of drug-likeness (QED) is 0.894. The zero-order chi connectivity index (χ0) is 12.3. The number of halogens is 2. The Morgan fingerprint density at radius 1 is 1.53 bits per heavy atom. The Bertz CT molecular complexity index is 427. The van der Waals surface area contributed by atoms with E-state index in [1.807, 2.05) is 0 Å². The first-order valence-electron chi connectivity index (χ1n) is 5.38. The lowest BCUT2D eigenvalue weighted by atomic mass is 10.3. The number of carbonyl (C=O) groups is 1. The Hall–Kier alpha value is -1.30. The topological polar surface area (TPSA) is 44.4 Å². The zero-order valence-electron chi connectivity index (χ0n) is 9.17. The van der Waals surface area contributed by atoms with Crippen LogP contribution in [0.4, 0.5) is 14.9 Å². The first kappa shape index (κ1) is 12.2. The number of amides is 2. The number of anilines is 1. The maximum atomic E-state index is 13.4. The van der Waals surface area contributed by atoms with Gasteiger partial charge in [0.05, 0.1) is 5.69 Å². The molecule has 1 fully saturated rings. The van der Waals surface area contributed by atoms with Crippen LogP contribution in [-0.2, 0) is 0 Å². The molecule has 0 radical (unpaired) electrons. The van der Waals surface area contributed by atoms with Crippen LogP contribution >= 0.6 is 15.9 Å². The van der Waals surface area contributed by atoms with Gasteiger partial charge in [-0.2, -0.15) is 0 Å². The number of nitrogens with one attached hydrogen (secondary N) is 2. The SMILES string of the molecule is O=C1NCCN1CCNc1cc(Br)ccc1F. The molecule has 2 rings (SSSR count). The average molecular weight is 302 g/mol. The molecule has 6 heteroatoms. The number of benzene rings is 1. The van der Waals surface area contributed by atoms with Crippen LogP contribution in [-0.4, -0.2) is 37.1 Å². The van der Waals surface area contributed by atoms with Crippen LogP contribution in [0.25, 0.3) is 0 Å². The summed E-state index contributed by atoms with van der Waals surface area (Å²) in [6.45, 7) is 2.49. The first-order valence-corrected chi connectivity index (χ1v) is 6.18. The van der Waals surface area contributed by atoms with Gasteiger partial charge in [0.1, 0.15) is 5.82 Å². The molecule has 1 heterocycles. The van der Waals surface area contributed by atoms with Gasteiger partial charge in [0, 0.05) is 30.7 Å². The second-order valence-electron chi connectivity index (χ2n) is 3.77. The monoisotopic (exact) mass is 301 g/mol. The minimum atomic E-state index is -0.293. The van der Waals surface area contributed by atoms with E-state index in [0.29, 0.717) is 31.9 Å². The van der Waals surface area contributed by atoms with Gasteiger partial charge in [-0.25, -0.2) is 9.18 Å². The number of urea groups is 1. The largest absolute Gasteiger partial charge is 0.381 e. The van der Waals surface area contributed by atoms with Crippen molar-refractivity contribution >= 4 is 27.6 Å². The van der Waals surface area contributed by atoms with Crippen molar-refractivity contribution in [3.63, 3.8) is 0 Å². The van der Waals surface area contributed by atoms with Crippen LogP contribution in [0.3, 0.4) is 0 Å². The third-order valence-electron chi connectivity index (χ3n) is 2.57. The van der Waals surface area contributed by atoms with Gasteiger partial charge >= 0.3 is 6.03 Å². The molecule has 0 aromatic heterocycles. The van der Waals surface area contributed by atoms with E-state index in [1.165, 1.54) is 6.07 Å². The summed E-state index contributed by atoms with van der Waals surface area (Å²) in [4.78, 5) is 12.9. The summed E-state index contributed by atoms with van der Waals surface area (Å²) >= 11 is 3.28. The minimum absolute atomic E-state index is 0.0542. The summed E-state index contributed by atoms with van der Waals surface area (Å²) in [7, 11) is 0. The zero-order valence-corrected chi connectivity index (χ0v) is 10.8. The molecule has 92 valence electrons. The van der Waals surface area contributed by atoms with Gasteiger partial charge in [-0.1, -0.05) is 15.9 Å². The van der Waals surface area contributed by atoms with E-state index in [9.17, 15) is 9.18 Å². The van der Waals surface area contributed by atoms with E-state index in [-0.39, 0.29) is 11.8 Å². The lowest BCUT2D eigenvalue weighted by Gasteiger charge is -2.15. The Labute approximate surface area is 107 Å². The molecule has 2 amide bonds. The summed E-state index contributed by atoms with van der Waals surface area (Å²) in [5.74, 6) is -0.293. The Kier molecular flexibility index (Phi) is 3.83. The van der Waals surface area contributed by atoms with Gasteiger partial charge in [-0.3, -0.25) is 0 Å². The van der Waals surface area contributed by atoms with Crippen LogP contribution in [0.1, 0.15) is 0 Å². The van der Waals surface area contributed by atoms with Crippen LogP contribution in [0.15, 0.2) is 22.7 Å². The highest BCUT2D eigenvalue weighted by atomic mass is 79.9. The summed E-state index contributed by atoms with van der Waals surface area (Å²) in [6.07, 6.45) is 0.